The zero-order chi connectivity index (χ0) is 29.9. The second-order valence-corrected chi connectivity index (χ2v) is 11.2. The summed E-state index contributed by atoms with van der Waals surface area (Å²) in [5.41, 5.74) is 7.99. The largest absolute Gasteiger partial charge is 0.289 e. The third-order valence-corrected chi connectivity index (χ3v) is 8.42. The summed E-state index contributed by atoms with van der Waals surface area (Å²) in [4.78, 5) is 24.2. The SMILES string of the molecule is O=C1c2ccccc2Cc2ccccc21.O=C1c2ccccc2Cc2ccccc21.c1ccc2cc3ccccc3cc2c1. The zero-order valence-corrected chi connectivity index (χ0v) is 24.2. The van der Waals surface area contributed by atoms with Crippen LogP contribution in [0.25, 0.3) is 21.5 Å². The van der Waals surface area contributed by atoms with E-state index in [2.05, 4.69) is 60.7 Å². The predicted molar refractivity (Wildman–Crippen MR) is 180 cm³/mol. The first-order chi connectivity index (χ1) is 21.7. The van der Waals surface area contributed by atoms with Gasteiger partial charge in [0.15, 0.2) is 11.6 Å². The van der Waals surface area contributed by atoms with Gasteiger partial charge in [-0.05, 0) is 68.8 Å². The van der Waals surface area contributed by atoms with E-state index in [4.69, 9.17) is 0 Å². The number of carbonyl (C=O) groups is 2. The fourth-order valence-corrected chi connectivity index (χ4v) is 6.17. The number of hydrogen-bond donors (Lipinski definition) is 0. The van der Waals surface area contributed by atoms with Gasteiger partial charge in [-0.3, -0.25) is 9.59 Å². The first kappa shape index (κ1) is 27.2. The molecule has 0 atom stereocenters. The molecule has 0 aromatic heterocycles. The van der Waals surface area contributed by atoms with Crippen LogP contribution in [0, 0.1) is 0 Å². The normalized spacial score (nSPS) is 12.5. The van der Waals surface area contributed by atoms with Crippen molar-refractivity contribution in [3.05, 3.63) is 202 Å². The minimum absolute atomic E-state index is 0.160. The van der Waals surface area contributed by atoms with E-state index in [-0.39, 0.29) is 11.6 Å². The molecule has 0 bridgehead atoms. The predicted octanol–water partition coefficient (Wildman–Crippen LogP) is 9.64. The summed E-state index contributed by atoms with van der Waals surface area (Å²) in [5.74, 6) is 0.319. The lowest BCUT2D eigenvalue weighted by Crippen LogP contribution is -2.14. The van der Waals surface area contributed by atoms with Crippen LogP contribution in [0.4, 0.5) is 0 Å². The highest BCUT2D eigenvalue weighted by Crippen LogP contribution is 2.28. The van der Waals surface area contributed by atoms with Gasteiger partial charge in [0, 0.05) is 22.3 Å². The average molecular weight is 567 g/mol. The van der Waals surface area contributed by atoms with Crippen molar-refractivity contribution in [3.63, 3.8) is 0 Å². The molecule has 0 saturated heterocycles. The first-order valence-electron chi connectivity index (χ1n) is 14.9. The van der Waals surface area contributed by atoms with Crippen LogP contribution < -0.4 is 0 Å². The maximum Gasteiger partial charge on any atom is 0.193 e. The van der Waals surface area contributed by atoms with Gasteiger partial charge < -0.3 is 0 Å². The second kappa shape index (κ2) is 11.9. The second-order valence-electron chi connectivity index (χ2n) is 11.2. The van der Waals surface area contributed by atoms with Crippen molar-refractivity contribution < 1.29 is 9.59 Å². The number of hydrogen-bond acceptors (Lipinski definition) is 2. The molecule has 0 aliphatic heterocycles. The number of rotatable bonds is 0. The van der Waals surface area contributed by atoms with Gasteiger partial charge in [0.2, 0.25) is 0 Å². The summed E-state index contributed by atoms with van der Waals surface area (Å²) >= 11 is 0. The molecule has 2 aliphatic carbocycles. The van der Waals surface area contributed by atoms with E-state index < -0.39 is 0 Å². The van der Waals surface area contributed by atoms with Crippen LogP contribution in [-0.2, 0) is 12.8 Å². The van der Waals surface area contributed by atoms with E-state index in [0.29, 0.717) is 0 Å². The summed E-state index contributed by atoms with van der Waals surface area (Å²) in [6, 6.07) is 52.8. The Morgan fingerprint density at radius 1 is 0.295 bits per heavy atom. The van der Waals surface area contributed by atoms with Crippen LogP contribution in [0.5, 0.6) is 0 Å². The Kier molecular flexibility index (Phi) is 7.40. The summed E-state index contributed by atoms with van der Waals surface area (Å²) in [5, 5.41) is 5.25. The molecule has 7 aromatic carbocycles. The minimum atomic E-state index is 0.160. The van der Waals surface area contributed by atoms with E-state index in [1.165, 1.54) is 21.5 Å². The van der Waals surface area contributed by atoms with Gasteiger partial charge in [-0.25, -0.2) is 0 Å². The molecule has 0 N–H and O–H groups in total. The molecule has 210 valence electrons. The van der Waals surface area contributed by atoms with Crippen molar-refractivity contribution in [2.75, 3.05) is 0 Å². The molecule has 0 unspecified atom stereocenters. The van der Waals surface area contributed by atoms with Crippen LogP contribution in [0.15, 0.2) is 158 Å². The Hall–Kier alpha value is -5.60. The van der Waals surface area contributed by atoms with E-state index in [1.807, 2.05) is 97.1 Å². The van der Waals surface area contributed by atoms with Crippen molar-refractivity contribution in [1.29, 1.82) is 0 Å². The molecule has 0 heterocycles. The molecular formula is C42H30O2. The van der Waals surface area contributed by atoms with Gasteiger partial charge in [0.25, 0.3) is 0 Å². The van der Waals surface area contributed by atoms with Gasteiger partial charge in [-0.15, -0.1) is 0 Å². The molecule has 2 nitrogen and oxygen atoms in total. The van der Waals surface area contributed by atoms with Crippen LogP contribution in [0.1, 0.15) is 54.1 Å². The molecule has 9 rings (SSSR count). The van der Waals surface area contributed by atoms with Gasteiger partial charge in [0.1, 0.15) is 0 Å². The highest BCUT2D eigenvalue weighted by atomic mass is 16.1. The number of carbonyl (C=O) groups excluding carboxylic acids is 2. The Balaban J connectivity index is 0.000000107. The quantitative estimate of drug-likeness (QED) is 0.171. The smallest absolute Gasteiger partial charge is 0.193 e. The lowest BCUT2D eigenvalue weighted by atomic mass is 9.85. The maximum atomic E-state index is 12.1. The van der Waals surface area contributed by atoms with Gasteiger partial charge in [-0.2, -0.15) is 0 Å². The molecule has 2 aliphatic rings. The number of benzene rings is 7. The fraction of sp³-hybridized carbons (Fsp3) is 0.0476. The molecule has 7 aromatic rings. The van der Waals surface area contributed by atoms with Crippen molar-refractivity contribution in [2.45, 2.75) is 12.8 Å². The molecule has 0 fully saturated rings. The van der Waals surface area contributed by atoms with Crippen molar-refractivity contribution in [3.8, 4) is 0 Å². The third kappa shape index (κ3) is 5.34. The van der Waals surface area contributed by atoms with Crippen LogP contribution in [0.3, 0.4) is 0 Å². The van der Waals surface area contributed by atoms with E-state index in [9.17, 15) is 9.59 Å². The van der Waals surface area contributed by atoms with E-state index >= 15 is 0 Å². The summed E-state index contributed by atoms with van der Waals surface area (Å²) in [6.07, 6.45) is 1.75. The molecule has 0 spiro atoms. The Morgan fingerprint density at radius 2 is 0.523 bits per heavy atom. The molecule has 2 heteroatoms. The Bertz CT molecular complexity index is 1870. The van der Waals surface area contributed by atoms with Gasteiger partial charge >= 0.3 is 0 Å². The Morgan fingerprint density at radius 3 is 0.795 bits per heavy atom. The standard InChI is InChI=1S/2C14H10O.C14H10/c2*15-14-12-7-3-1-5-10(12)9-11-6-2-4-8-13(11)14;1-2-6-12-10-14-8-4-3-7-13(14)9-11(12)5-1/h2*1-8H,9H2;1-10H. The van der Waals surface area contributed by atoms with Crippen molar-refractivity contribution in [2.24, 2.45) is 0 Å². The topological polar surface area (TPSA) is 34.1 Å². The number of ketones is 2. The molecular weight excluding hydrogens is 536 g/mol. The number of fused-ring (bicyclic) bond motifs is 6. The highest BCUT2D eigenvalue weighted by molar-refractivity contribution is 6.13. The Labute approximate surface area is 257 Å². The molecule has 0 saturated carbocycles. The lowest BCUT2D eigenvalue weighted by Gasteiger charge is -2.17. The maximum absolute atomic E-state index is 12.1. The molecule has 0 radical (unpaired) electrons. The van der Waals surface area contributed by atoms with Gasteiger partial charge in [-0.1, -0.05) is 146 Å². The van der Waals surface area contributed by atoms with E-state index in [1.54, 1.807) is 0 Å². The van der Waals surface area contributed by atoms with Crippen LogP contribution in [-0.4, -0.2) is 11.6 Å². The molecule has 44 heavy (non-hydrogen) atoms. The minimum Gasteiger partial charge on any atom is -0.289 e. The van der Waals surface area contributed by atoms with Crippen LogP contribution in [0.2, 0.25) is 0 Å². The van der Waals surface area contributed by atoms with Crippen molar-refractivity contribution >= 4 is 33.1 Å². The zero-order valence-electron chi connectivity index (χ0n) is 24.2. The summed E-state index contributed by atoms with van der Waals surface area (Å²) in [7, 11) is 0. The fourth-order valence-electron chi connectivity index (χ4n) is 6.17. The average Bonchev–Trinajstić information content (AvgIpc) is 3.08. The van der Waals surface area contributed by atoms with Crippen LogP contribution >= 0.6 is 0 Å². The summed E-state index contributed by atoms with van der Waals surface area (Å²) < 4.78 is 0. The highest BCUT2D eigenvalue weighted by Gasteiger charge is 2.22. The molecule has 0 amide bonds. The monoisotopic (exact) mass is 566 g/mol. The first-order valence-corrected chi connectivity index (χ1v) is 14.9. The third-order valence-electron chi connectivity index (χ3n) is 8.42. The van der Waals surface area contributed by atoms with E-state index in [0.717, 1.165) is 57.3 Å². The van der Waals surface area contributed by atoms with Gasteiger partial charge in [0.05, 0.1) is 0 Å². The summed E-state index contributed by atoms with van der Waals surface area (Å²) in [6.45, 7) is 0. The van der Waals surface area contributed by atoms with Crippen molar-refractivity contribution in [1.82, 2.24) is 0 Å². The lowest BCUT2D eigenvalue weighted by molar-refractivity contribution is 0.102.